The molecular weight excluding hydrogens is 394 g/mol. The van der Waals surface area contributed by atoms with Gasteiger partial charge < -0.3 is 10.1 Å². The molecule has 1 aliphatic rings. The van der Waals surface area contributed by atoms with Crippen molar-refractivity contribution < 1.29 is 14.5 Å². The topological polar surface area (TPSA) is 94.4 Å². The highest BCUT2D eigenvalue weighted by Crippen LogP contribution is 2.44. The number of amides is 1. The van der Waals surface area contributed by atoms with Crippen molar-refractivity contribution in [1.29, 1.82) is 0 Å². The summed E-state index contributed by atoms with van der Waals surface area (Å²) in [6.07, 6.45) is 4.14. The Kier molecular flexibility index (Phi) is 5.75. The molecule has 0 fully saturated rings. The fraction of sp³-hybridized carbons (Fsp3) is 0.167. The molecule has 156 valence electrons. The van der Waals surface area contributed by atoms with Gasteiger partial charge >= 0.3 is 6.09 Å². The van der Waals surface area contributed by atoms with E-state index in [1.54, 1.807) is 25.1 Å². The molecule has 0 saturated heterocycles. The van der Waals surface area contributed by atoms with E-state index in [9.17, 15) is 14.9 Å². The van der Waals surface area contributed by atoms with E-state index in [0.717, 1.165) is 11.1 Å². The number of benzene rings is 2. The first kappa shape index (κ1) is 20.3. The zero-order valence-electron chi connectivity index (χ0n) is 16.9. The average molecular weight is 415 g/mol. The van der Waals surface area contributed by atoms with E-state index in [-0.39, 0.29) is 24.8 Å². The van der Waals surface area contributed by atoms with Crippen molar-refractivity contribution in [2.24, 2.45) is 0 Å². The minimum atomic E-state index is -0.501. The molecule has 0 unspecified atom stereocenters. The predicted octanol–water partition coefficient (Wildman–Crippen LogP) is 4.85. The molecule has 0 aliphatic heterocycles. The van der Waals surface area contributed by atoms with Crippen LogP contribution in [0.2, 0.25) is 0 Å². The van der Waals surface area contributed by atoms with Gasteiger partial charge in [-0.2, -0.15) is 0 Å². The molecule has 0 radical (unpaired) electrons. The van der Waals surface area contributed by atoms with E-state index in [2.05, 4.69) is 34.6 Å². The number of aryl methyl sites for hydroxylation is 1. The summed E-state index contributed by atoms with van der Waals surface area (Å²) in [5, 5.41) is 13.5. The summed E-state index contributed by atoms with van der Waals surface area (Å²) >= 11 is 0. The van der Waals surface area contributed by atoms with Crippen molar-refractivity contribution in [2.75, 3.05) is 13.2 Å². The Labute approximate surface area is 179 Å². The van der Waals surface area contributed by atoms with Gasteiger partial charge in [0.2, 0.25) is 0 Å². The molecule has 0 atom stereocenters. The van der Waals surface area contributed by atoms with Gasteiger partial charge in [-0.25, -0.2) is 9.78 Å². The highest BCUT2D eigenvalue weighted by Gasteiger charge is 2.28. The lowest BCUT2D eigenvalue weighted by atomic mass is 9.98. The molecule has 7 heteroatoms. The third-order valence-corrected chi connectivity index (χ3v) is 5.30. The third-order valence-electron chi connectivity index (χ3n) is 5.30. The molecule has 1 aliphatic carbocycles. The van der Waals surface area contributed by atoms with E-state index in [0.29, 0.717) is 11.3 Å². The lowest BCUT2D eigenvalue weighted by Gasteiger charge is -2.14. The van der Waals surface area contributed by atoms with Crippen LogP contribution in [0.15, 0.2) is 66.9 Å². The summed E-state index contributed by atoms with van der Waals surface area (Å²) in [7, 11) is 0. The maximum atomic E-state index is 12.2. The number of alkyl carbamates (subject to hydrolysis) is 1. The molecule has 1 heterocycles. The number of nitrogens with one attached hydrogen (secondary N) is 1. The largest absolute Gasteiger partial charge is 0.449 e. The first-order chi connectivity index (χ1) is 15.0. The van der Waals surface area contributed by atoms with E-state index in [4.69, 9.17) is 4.74 Å². The van der Waals surface area contributed by atoms with E-state index >= 15 is 0 Å². The minimum Gasteiger partial charge on any atom is -0.449 e. The zero-order valence-corrected chi connectivity index (χ0v) is 16.9. The van der Waals surface area contributed by atoms with Gasteiger partial charge in [0, 0.05) is 18.0 Å². The maximum Gasteiger partial charge on any atom is 0.407 e. The number of nitro groups is 1. The lowest BCUT2D eigenvalue weighted by molar-refractivity contribution is -0.385. The Bertz CT molecular complexity index is 1130. The van der Waals surface area contributed by atoms with Crippen LogP contribution >= 0.6 is 0 Å². The molecule has 31 heavy (non-hydrogen) atoms. The van der Waals surface area contributed by atoms with E-state index < -0.39 is 11.0 Å². The highest BCUT2D eigenvalue weighted by molar-refractivity contribution is 5.79. The van der Waals surface area contributed by atoms with Gasteiger partial charge in [0.05, 0.1) is 10.6 Å². The SMILES string of the molecule is Cc1cc(C=CCNC(=O)OCC2c3ccccc3-c3ccccc32)ncc1[N+](=O)[O-]. The Morgan fingerprint density at radius 3 is 2.42 bits per heavy atom. The van der Waals surface area contributed by atoms with Crippen LogP contribution in [0.25, 0.3) is 17.2 Å². The number of rotatable bonds is 6. The van der Waals surface area contributed by atoms with Gasteiger partial charge in [0.25, 0.3) is 5.69 Å². The van der Waals surface area contributed by atoms with Gasteiger partial charge in [0.15, 0.2) is 0 Å². The van der Waals surface area contributed by atoms with Crippen LogP contribution in [0.5, 0.6) is 0 Å². The molecule has 1 N–H and O–H groups in total. The predicted molar refractivity (Wildman–Crippen MR) is 118 cm³/mol. The second-order valence-electron chi connectivity index (χ2n) is 7.26. The number of hydrogen-bond acceptors (Lipinski definition) is 5. The van der Waals surface area contributed by atoms with Gasteiger partial charge in [-0.1, -0.05) is 54.6 Å². The molecule has 2 aromatic carbocycles. The van der Waals surface area contributed by atoms with Crippen molar-refractivity contribution in [3.8, 4) is 11.1 Å². The van der Waals surface area contributed by atoms with Crippen LogP contribution in [0.3, 0.4) is 0 Å². The van der Waals surface area contributed by atoms with Crippen LogP contribution in [0.4, 0.5) is 10.5 Å². The molecule has 1 aromatic heterocycles. The summed E-state index contributed by atoms with van der Waals surface area (Å²) in [6.45, 7) is 2.17. The Balaban J connectivity index is 1.32. The highest BCUT2D eigenvalue weighted by atomic mass is 16.6. The van der Waals surface area contributed by atoms with Crippen molar-refractivity contribution in [1.82, 2.24) is 10.3 Å². The van der Waals surface area contributed by atoms with Crippen molar-refractivity contribution in [3.63, 3.8) is 0 Å². The second-order valence-corrected chi connectivity index (χ2v) is 7.26. The van der Waals surface area contributed by atoms with Crippen molar-refractivity contribution >= 4 is 17.9 Å². The molecule has 0 saturated carbocycles. The minimum absolute atomic E-state index is 0.0148. The maximum absolute atomic E-state index is 12.2. The number of ether oxygens (including phenoxy) is 1. The fourth-order valence-corrected chi connectivity index (χ4v) is 3.82. The summed E-state index contributed by atoms with van der Waals surface area (Å²) in [5.74, 6) is 0.0148. The van der Waals surface area contributed by atoms with Crippen LogP contribution in [0.1, 0.15) is 28.3 Å². The number of carbonyl (C=O) groups is 1. The lowest BCUT2D eigenvalue weighted by Crippen LogP contribution is -2.26. The number of nitrogens with zero attached hydrogens (tertiary/aromatic N) is 2. The fourth-order valence-electron chi connectivity index (χ4n) is 3.82. The number of hydrogen-bond donors (Lipinski definition) is 1. The van der Waals surface area contributed by atoms with Gasteiger partial charge in [-0.05, 0) is 41.3 Å². The van der Waals surface area contributed by atoms with Crippen LogP contribution in [0, 0.1) is 17.0 Å². The Hall–Kier alpha value is -4.00. The van der Waals surface area contributed by atoms with E-state index in [1.807, 2.05) is 24.3 Å². The summed E-state index contributed by atoms with van der Waals surface area (Å²) in [5.41, 5.74) is 5.78. The number of carbonyl (C=O) groups excluding carboxylic acids is 1. The molecular formula is C24H21N3O4. The summed E-state index contributed by atoms with van der Waals surface area (Å²) in [6, 6.07) is 18.0. The standard InChI is InChI=1S/C24H21N3O4/c1-16-13-17(26-14-23(16)27(29)30)7-6-12-25-24(28)31-15-22-20-10-4-2-8-18(20)19-9-3-5-11-21(19)22/h2-11,13-14,22H,12,15H2,1H3,(H,25,28). The third kappa shape index (κ3) is 4.30. The monoisotopic (exact) mass is 415 g/mol. The van der Waals surface area contributed by atoms with Crippen LogP contribution < -0.4 is 5.32 Å². The van der Waals surface area contributed by atoms with Crippen molar-refractivity contribution in [2.45, 2.75) is 12.8 Å². The molecule has 0 spiro atoms. The molecule has 1 amide bonds. The number of pyridine rings is 1. The Morgan fingerprint density at radius 1 is 1.16 bits per heavy atom. The molecule has 0 bridgehead atoms. The summed E-state index contributed by atoms with van der Waals surface area (Å²) in [4.78, 5) is 26.6. The first-order valence-corrected chi connectivity index (χ1v) is 9.91. The quantitative estimate of drug-likeness (QED) is 0.459. The van der Waals surface area contributed by atoms with Gasteiger partial charge in [-0.3, -0.25) is 10.1 Å². The number of aromatic nitrogens is 1. The number of fused-ring (bicyclic) bond motifs is 3. The summed E-state index contributed by atoms with van der Waals surface area (Å²) < 4.78 is 5.48. The van der Waals surface area contributed by atoms with Crippen molar-refractivity contribution in [3.05, 3.63) is 99.4 Å². The van der Waals surface area contributed by atoms with Gasteiger partial charge in [-0.15, -0.1) is 0 Å². The molecule has 3 aromatic rings. The molecule has 4 rings (SSSR count). The van der Waals surface area contributed by atoms with Crippen LogP contribution in [-0.4, -0.2) is 29.2 Å². The van der Waals surface area contributed by atoms with E-state index in [1.165, 1.54) is 17.3 Å². The normalized spacial score (nSPS) is 12.4. The second kappa shape index (κ2) is 8.79. The van der Waals surface area contributed by atoms with Gasteiger partial charge in [0.1, 0.15) is 12.8 Å². The smallest absolute Gasteiger partial charge is 0.407 e. The molecule has 7 nitrogen and oxygen atoms in total. The van der Waals surface area contributed by atoms with Crippen LogP contribution in [-0.2, 0) is 4.74 Å². The average Bonchev–Trinajstić information content (AvgIpc) is 3.09. The zero-order chi connectivity index (χ0) is 21.8. The Morgan fingerprint density at radius 2 is 1.81 bits per heavy atom. The first-order valence-electron chi connectivity index (χ1n) is 9.91.